The maximum atomic E-state index is 12.9. The van der Waals surface area contributed by atoms with Crippen LogP contribution in [0, 0.1) is 24.2 Å². The second-order valence-electron chi connectivity index (χ2n) is 7.50. The maximum absolute atomic E-state index is 12.9. The number of carbonyl (C=O) groups is 3. The Morgan fingerprint density at radius 3 is 2.36 bits per heavy atom. The lowest BCUT2D eigenvalue weighted by atomic mass is 9.63. The van der Waals surface area contributed by atoms with Gasteiger partial charge in [-0.1, -0.05) is 5.92 Å². The number of nitrogens with zero attached hydrogens (tertiary/aromatic N) is 1. The molecule has 1 spiro atoms. The second kappa shape index (κ2) is 7.34. The number of likely N-dealkylation sites (tertiary alicyclic amines) is 1. The van der Waals surface area contributed by atoms with Gasteiger partial charge in [0.1, 0.15) is 23.2 Å². The van der Waals surface area contributed by atoms with Crippen molar-refractivity contribution in [3.63, 3.8) is 0 Å². The molecule has 7 heteroatoms. The molecule has 5 nitrogen and oxygen atoms in total. The van der Waals surface area contributed by atoms with E-state index in [9.17, 15) is 23.2 Å². The van der Waals surface area contributed by atoms with E-state index >= 15 is 0 Å². The minimum atomic E-state index is -3.07. The number of ether oxygens (including phenoxy) is 1. The summed E-state index contributed by atoms with van der Waals surface area (Å²) in [5.74, 6) is 3.44. The van der Waals surface area contributed by atoms with E-state index in [1.165, 1.54) is 7.11 Å². The van der Waals surface area contributed by atoms with Crippen molar-refractivity contribution >= 4 is 17.5 Å². The molecule has 0 radical (unpaired) electrons. The first-order valence-electron chi connectivity index (χ1n) is 8.95. The Kier molecular flexibility index (Phi) is 5.24. The highest BCUT2D eigenvalue weighted by molar-refractivity contribution is 6.11. The van der Waals surface area contributed by atoms with Crippen molar-refractivity contribution in [3.8, 4) is 17.6 Å². The molecular weight excluding hydrogens is 368 g/mol. The molecule has 1 heterocycles. The first-order chi connectivity index (χ1) is 13.2. The zero-order valence-electron chi connectivity index (χ0n) is 16.0. The van der Waals surface area contributed by atoms with E-state index in [1.54, 1.807) is 19.9 Å². The Balaban J connectivity index is 1.85. The minimum absolute atomic E-state index is 0.0154. The fourth-order valence-corrected chi connectivity index (χ4v) is 4.31. The van der Waals surface area contributed by atoms with Gasteiger partial charge in [0, 0.05) is 42.5 Å². The largest absolute Gasteiger partial charge is 0.496 e. The molecule has 0 aromatic heterocycles. The summed E-state index contributed by atoms with van der Waals surface area (Å²) in [6, 6.07) is 3.52. The predicted molar refractivity (Wildman–Crippen MR) is 97.3 cm³/mol. The number of carbonyl (C=O) groups excluding carboxylic acids is 3. The molecular formula is C21H21F2NO4. The summed E-state index contributed by atoms with van der Waals surface area (Å²) in [6.45, 7) is 3.54. The van der Waals surface area contributed by atoms with Crippen molar-refractivity contribution in [1.29, 1.82) is 0 Å². The number of Topliss-reactive ketones (excluding diaryl/α,β-unsaturated/α-hetero) is 2. The number of aryl methyl sites for hydroxylation is 1. The molecule has 2 aliphatic rings. The van der Waals surface area contributed by atoms with Gasteiger partial charge in [0.25, 0.3) is 5.91 Å². The first kappa shape index (κ1) is 20.0. The Bertz CT molecular complexity index is 887. The zero-order chi connectivity index (χ0) is 20.6. The van der Waals surface area contributed by atoms with Crippen LogP contribution in [0.3, 0.4) is 0 Å². The van der Waals surface area contributed by atoms with E-state index in [0.29, 0.717) is 11.3 Å². The van der Waals surface area contributed by atoms with Gasteiger partial charge in [0.2, 0.25) is 0 Å². The lowest BCUT2D eigenvalue weighted by Crippen LogP contribution is -2.63. The summed E-state index contributed by atoms with van der Waals surface area (Å²) in [5.41, 5.74) is 1.29. The average Bonchev–Trinajstić information content (AvgIpc) is 2.59. The summed E-state index contributed by atoms with van der Waals surface area (Å²) < 4.78 is 30.5. The van der Waals surface area contributed by atoms with Crippen LogP contribution in [0.5, 0.6) is 5.75 Å². The monoisotopic (exact) mass is 389 g/mol. The van der Waals surface area contributed by atoms with Gasteiger partial charge in [-0.05, 0) is 31.5 Å². The summed E-state index contributed by atoms with van der Waals surface area (Å²) >= 11 is 0. The van der Waals surface area contributed by atoms with Crippen LogP contribution in [0.15, 0.2) is 12.1 Å². The van der Waals surface area contributed by atoms with Crippen LogP contribution in [-0.2, 0) is 14.4 Å². The summed E-state index contributed by atoms with van der Waals surface area (Å²) in [5, 5.41) is 0. The molecule has 1 amide bonds. The van der Waals surface area contributed by atoms with Crippen molar-refractivity contribution in [2.75, 3.05) is 20.2 Å². The molecule has 28 heavy (non-hydrogen) atoms. The normalized spacial score (nSPS) is 18.7. The number of amides is 1. The highest BCUT2D eigenvalue weighted by atomic mass is 19.3. The van der Waals surface area contributed by atoms with Gasteiger partial charge in [0.15, 0.2) is 0 Å². The van der Waals surface area contributed by atoms with Crippen LogP contribution < -0.4 is 4.74 Å². The Morgan fingerprint density at radius 2 is 1.86 bits per heavy atom. The van der Waals surface area contributed by atoms with Gasteiger partial charge in [-0.2, -0.15) is 8.78 Å². The fourth-order valence-electron chi connectivity index (χ4n) is 4.31. The van der Waals surface area contributed by atoms with Crippen molar-refractivity contribution < 1.29 is 27.9 Å². The van der Waals surface area contributed by atoms with Gasteiger partial charge < -0.3 is 9.64 Å². The smallest absolute Gasteiger partial charge is 0.315 e. The highest BCUT2D eigenvalue weighted by Gasteiger charge is 2.54. The number of ketones is 2. The Labute approximate surface area is 162 Å². The van der Waals surface area contributed by atoms with E-state index in [-0.39, 0.29) is 37.5 Å². The first-order valence-corrected chi connectivity index (χ1v) is 8.95. The molecule has 3 rings (SSSR count). The molecule has 0 N–H and O–H groups in total. The van der Waals surface area contributed by atoms with E-state index in [4.69, 9.17) is 4.74 Å². The van der Waals surface area contributed by atoms with Crippen LogP contribution in [0.4, 0.5) is 8.78 Å². The van der Waals surface area contributed by atoms with Gasteiger partial charge in [-0.3, -0.25) is 14.4 Å². The van der Waals surface area contributed by atoms with Crippen LogP contribution in [0.1, 0.15) is 42.4 Å². The average molecular weight is 389 g/mol. The number of hydrogen-bond acceptors (Lipinski definition) is 4. The Morgan fingerprint density at radius 1 is 1.25 bits per heavy atom. The molecule has 1 aromatic carbocycles. The molecule has 1 aliphatic heterocycles. The van der Waals surface area contributed by atoms with Crippen molar-refractivity contribution in [2.45, 2.75) is 39.0 Å². The molecule has 1 saturated heterocycles. The van der Waals surface area contributed by atoms with E-state index in [0.717, 1.165) is 16.0 Å². The van der Waals surface area contributed by atoms with Gasteiger partial charge in [-0.15, -0.1) is 5.92 Å². The summed E-state index contributed by atoms with van der Waals surface area (Å²) in [7, 11) is 1.47. The molecule has 1 aliphatic carbocycles. The van der Waals surface area contributed by atoms with Gasteiger partial charge >= 0.3 is 6.43 Å². The third kappa shape index (κ3) is 3.39. The molecule has 148 valence electrons. The second-order valence-corrected chi connectivity index (χ2v) is 7.50. The maximum Gasteiger partial charge on any atom is 0.315 e. The van der Waals surface area contributed by atoms with Gasteiger partial charge in [-0.25, -0.2) is 0 Å². The Hall–Kier alpha value is -2.75. The third-order valence-corrected chi connectivity index (χ3v) is 5.42. The quantitative estimate of drug-likeness (QED) is 0.589. The molecule has 0 atom stereocenters. The third-order valence-electron chi connectivity index (χ3n) is 5.42. The van der Waals surface area contributed by atoms with Crippen molar-refractivity contribution in [2.24, 2.45) is 5.41 Å². The highest BCUT2D eigenvalue weighted by Crippen LogP contribution is 2.47. The predicted octanol–water partition coefficient (Wildman–Crippen LogP) is 2.48. The molecule has 2 fully saturated rings. The van der Waals surface area contributed by atoms with Crippen LogP contribution in [0.2, 0.25) is 0 Å². The summed E-state index contributed by atoms with van der Waals surface area (Å²) in [6.07, 6.45) is -2.91. The van der Waals surface area contributed by atoms with Crippen LogP contribution in [-0.4, -0.2) is 49.0 Å². The summed E-state index contributed by atoms with van der Waals surface area (Å²) in [4.78, 5) is 38.2. The standard InChI is InChI=1S/C21H21F2NO4/c1-4-5-13-6-12(2)17(16(7-13)28-3)18-14(25)8-21(9-15(18)26)10-24(11-21)20(27)19(22)23/h6-7,18-19H,8-11H2,1-3H3. The van der Waals surface area contributed by atoms with E-state index < -0.39 is 23.7 Å². The van der Waals surface area contributed by atoms with E-state index in [1.807, 2.05) is 6.07 Å². The molecule has 0 bridgehead atoms. The van der Waals surface area contributed by atoms with Crippen molar-refractivity contribution in [3.05, 3.63) is 28.8 Å². The number of alkyl halides is 2. The number of methoxy groups -OCH3 is 1. The lowest BCUT2D eigenvalue weighted by Gasteiger charge is -2.52. The molecule has 1 saturated carbocycles. The topological polar surface area (TPSA) is 63.7 Å². The van der Waals surface area contributed by atoms with Crippen LogP contribution in [0.25, 0.3) is 0 Å². The molecule has 1 aromatic rings. The zero-order valence-corrected chi connectivity index (χ0v) is 16.0. The minimum Gasteiger partial charge on any atom is -0.496 e. The SMILES string of the molecule is CC#Cc1cc(C)c(C2C(=O)CC3(CC2=O)CN(C(=O)C(F)F)C3)c(OC)c1. The van der Waals surface area contributed by atoms with Gasteiger partial charge in [0.05, 0.1) is 7.11 Å². The van der Waals surface area contributed by atoms with Crippen LogP contribution >= 0.6 is 0 Å². The molecule has 0 unspecified atom stereocenters. The number of rotatable bonds is 3. The number of halogens is 2. The number of benzene rings is 1. The van der Waals surface area contributed by atoms with Crippen molar-refractivity contribution in [1.82, 2.24) is 4.90 Å². The van der Waals surface area contributed by atoms with E-state index in [2.05, 4.69) is 11.8 Å². The fraction of sp³-hybridized carbons (Fsp3) is 0.476. The number of hydrogen-bond donors (Lipinski definition) is 0. The lowest BCUT2D eigenvalue weighted by molar-refractivity contribution is -0.162.